The quantitative estimate of drug-likeness (QED) is 0.0167. The number of phenolic OH excluding ortho intramolecular Hbond substituents is 6. The number of benzene rings is 2. The molecule has 0 atom stereocenters. The summed E-state index contributed by atoms with van der Waals surface area (Å²) in [5.74, 6) is -8.66. The molecular weight excluding hydrogens is 1070 g/mol. The molecule has 0 heterocycles. The Morgan fingerprint density at radius 3 is 0.607 bits per heavy atom. The van der Waals surface area contributed by atoms with Crippen LogP contribution >= 0.6 is 0 Å². The summed E-state index contributed by atoms with van der Waals surface area (Å²) in [7, 11) is 0. The van der Waals surface area contributed by atoms with Crippen LogP contribution in [0.15, 0.2) is 60.7 Å². The molecule has 0 bridgehead atoms. The van der Waals surface area contributed by atoms with E-state index in [1.807, 2.05) is 0 Å². The third-order valence-electron chi connectivity index (χ3n) is 13.6. The van der Waals surface area contributed by atoms with Crippen LogP contribution in [0, 0.1) is 0 Å². The van der Waals surface area contributed by atoms with Gasteiger partial charge in [0.2, 0.25) is 0 Å². The van der Waals surface area contributed by atoms with E-state index in [0.717, 1.165) is 62.8 Å². The van der Waals surface area contributed by atoms with Crippen molar-refractivity contribution in [3.63, 3.8) is 0 Å². The number of allylic oxidation sites excluding steroid dienone is 6. The van der Waals surface area contributed by atoms with E-state index < -0.39 is 64.3 Å². The lowest BCUT2D eigenvalue weighted by atomic mass is 10.1. The zero-order chi connectivity index (χ0) is 63.3. The molecule has 0 amide bonds. The van der Waals surface area contributed by atoms with Gasteiger partial charge in [-0.25, -0.2) is 9.59 Å². The van der Waals surface area contributed by atoms with Gasteiger partial charge in [0.15, 0.2) is 34.5 Å². The molecule has 0 saturated heterocycles. The number of rotatable bonds is 47. The first-order valence-corrected chi connectivity index (χ1v) is 31.9. The maximum atomic E-state index is 10.3. The number of phenols is 6. The van der Waals surface area contributed by atoms with E-state index in [0.29, 0.717) is 19.3 Å². The molecule has 2 aromatic rings. The van der Waals surface area contributed by atoms with E-state index in [4.69, 9.17) is 56.2 Å². The summed E-state index contributed by atoms with van der Waals surface area (Å²) in [5, 5.41) is 95.4. The number of carboxylic acids is 5. The van der Waals surface area contributed by atoms with Crippen LogP contribution in [0.3, 0.4) is 0 Å². The Balaban J connectivity index is -0.000000991. The number of unbranched alkanes of at least 4 members (excludes halogenated alkanes) is 33. The van der Waals surface area contributed by atoms with Crippen molar-refractivity contribution in [3.05, 3.63) is 71.8 Å². The maximum Gasteiger partial charge on any atom is 0.335 e. The summed E-state index contributed by atoms with van der Waals surface area (Å²) in [4.78, 5) is 51.6. The number of hydrogen-bond donors (Lipinski definition) is 11. The molecule has 11 N–H and O–H groups in total. The van der Waals surface area contributed by atoms with E-state index >= 15 is 0 Å². The van der Waals surface area contributed by atoms with E-state index in [1.165, 1.54) is 212 Å². The summed E-state index contributed by atoms with van der Waals surface area (Å²) >= 11 is 0. The number of carboxylic acid groups (broad SMARTS) is 5. The molecular formula is C68H114O16. The molecule has 16 nitrogen and oxygen atoms in total. The van der Waals surface area contributed by atoms with Gasteiger partial charge in [0, 0.05) is 19.3 Å². The van der Waals surface area contributed by atoms with E-state index in [1.54, 1.807) is 0 Å². The van der Waals surface area contributed by atoms with Gasteiger partial charge in [-0.3, -0.25) is 14.4 Å². The number of hydrogen-bond acceptors (Lipinski definition) is 11. The SMILES string of the molecule is CCCCCCCC/C=C\CCCCCCCC(=O)O.CCCCCCCC/C=C\CCCCCCCC(=O)O.CCCCCCCC/C=C\CCCCCCCC(=O)O.O=C(O)c1cc(O)c(O)c(O)c1.O=C(O)c1cc(O)c(O)c(O)c1. The normalized spacial score (nSPS) is 10.8. The fourth-order valence-electron chi connectivity index (χ4n) is 8.50. The Bertz CT molecular complexity index is 1790. The Labute approximate surface area is 504 Å². The zero-order valence-corrected chi connectivity index (χ0v) is 51.9. The van der Waals surface area contributed by atoms with Crippen LogP contribution in [-0.4, -0.2) is 86.0 Å². The lowest BCUT2D eigenvalue weighted by Crippen LogP contribution is -1.95. The fraction of sp³-hybridized carbons (Fsp3) is 0.662. The lowest BCUT2D eigenvalue weighted by Gasteiger charge is -2.01. The van der Waals surface area contributed by atoms with Crippen LogP contribution in [0.2, 0.25) is 0 Å². The molecule has 0 radical (unpaired) electrons. The Morgan fingerprint density at radius 2 is 0.440 bits per heavy atom. The summed E-state index contributed by atoms with van der Waals surface area (Å²) in [6, 6.07) is 3.38. The van der Waals surface area contributed by atoms with Crippen molar-refractivity contribution >= 4 is 29.8 Å². The average molecular weight is 1190 g/mol. The highest BCUT2D eigenvalue weighted by Gasteiger charge is 2.13. The number of carbonyl (C=O) groups is 5. The van der Waals surface area contributed by atoms with Crippen molar-refractivity contribution in [1.82, 2.24) is 0 Å². The second kappa shape index (κ2) is 61.4. The molecule has 0 unspecified atom stereocenters. The van der Waals surface area contributed by atoms with Crippen molar-refractivity contribution in [2.75, 3.05) is 0 Å². The minimum atomic E-state index is -1.29. The molecule has 482 valence electrons. The largest absolute Gasteiger partial charge is 0.504 e. The van der Waals surface area contributed by atoms with Crippen LogP contribution in [0.25, 0.3) is 0 Å². The summed E-state index contributed by atoms with van der Waals surface area (Å²) in [6.45, 7) is 6.78. The third kappa shape index (κ3) is 59.0. The highest BCUT2D eigenvalue weighted by atomic mass is 16.4. The van der Waals surface area contributed by atoms with Crippen LogP contribution in [-0.2, 0) is 14.4 Å². The van der Waals surface area contributed by atoms with Crippen molar-refractivity contribution in [2.45, 2.75) is 290 Å². The number of aliphatic carboxylic acids is 3. The van der Waals surface area contributed by atoms with Gasteiger partial charge >= 0.3 is 29.8 Å². The topological polar surface area (TPSA) is 308 Å². The first-order valence-electron chi connectivity index (χ1n) is 31.9. The molecule has 0 aromatic heterocycles. The first kappa shape index (κ1) is 82.0. The molecule has 0 aliphatic heterocycles. The van der Waals surface area contributed by atoms with Crippen molar-refractivity contribution in [2.24, 2.45) is 0 Å². The smallest absolute Gasteiger partial charge is 0.335 e. The number of aromatic hydroxyl groups is 6. The van der Waals surface area contributed by atoms with Gasteiger partial charge in [0.25, 0.3) is 0 Å². The van der Waals surface area contributed by atoms with Crippen molar-refractivity contribution < 1.29 is 80.1 Å². The summed E-state index contributed by atoms with van der Waals surface area (Å²) < 4.78 is 0. The summed E-state index contributed by atoms with van der Waals surface area (Å²) in [6.07, 6.45) is 63.7. The molecule has 0 aliphatic rings. The maximum absolute atomic E-state index is 10.3. The molecule has 16 heteroatoms. The Kier molecular flexibility index (Phi) is 59.9. The second-order valence-electron chi connectivity index (χ2n) is 21.5. The highest BCUT2D eigenvalue weighted by molar-refractivity contribution is 5.90. The van der Waals surface area contributed by atoms with Gasteiger partial charge in [-0.1, -0.05) is 211 Å². The van der Waals surface area contributed by atoms with E-state index in [-0.39, 0.29) is 11.1 Å². The van der Waals surface area contributed by atoms with E-state index in [9.17, 15) is 24.0 Å². The standard InChI is InChI=1S/3C18H34O2.2C7H6O5/c3*1-2-3-4-5-6-7-8-9-10-11-12-13-14-15-16-17-18(19)20;2*8-4-1-3(7(11)12)2-5(9)6(4)10/h3*9-10H,2-8,11-17H2,1H3,(H,19,20);2*1-2,8-10H,(H,11,12)/b3*10-9-;;. The molecule has 0 spiro atoms. The van der Waals surface area contributed by atoms with Gasteiger partial charge in [-0.2, -0.15) is 0 Å². The average Bonchev–Trinajstić information content (AvgIpc) is 3.67. The van der Waals surface area contributed by atoms with Crippen LogP contribution in [0.4, 0.5) is 0 Å². The van der Waals surface area contributed by atoms with Gasteiger partial charge < -0.3 is 56.2 Å². The molecule has 0 aliphatic carbocycles. The van der Waals surface area contributed by atoms with Gasteiger partial charge in [-0.05, 0) is 121 Å². The molecule has 84 heavy (non-hydrogen) atoms. The second-order valence-corrected chi connectivity index (χ2v) is 21.5. The lowest BCUT2D eigenvalue weighted by molar-refractivity contribution is -0.138. The molecule has 2 rings (SSSR count). The predicted octanol–water partition coefficient (Wildman–Crippen LogP) is 19.3. The predicted molar refractivity (Wildman–Crippen MR) is 338 cm³/mol. The van der Waals surface area contributed by atoms with Crippen LogP contribution in [0.5, 0.6) is 34.5 Å². The van der Waals surface area contributed by atoms with Gasteiger partial charge in [0.05, 0.1) is 11.1 Å². The molecule has 0 saturated carbocycles. The summed E-state index contributed by atoms with van der Waals surface area (Å²) in [5.41, 5.74) is -0.578. The Hall–Kier alpha value is -6.19. The minimum absolute atomic E-state index is 0.289. The Morgan fingerprint density at radius 1 is 0.274 bits per heavy atom. The first-order chi connectivity index (χ1) is 40.3. The minimum Gasteiger partial charge on any atom is -0.504 e. The highest BCUT2D eigenvalue weighted by Crippen LogP contribution is 2.36. The van der Waals surface area contributed by atoms with Crippen molar-refractivity contribution in [3.8, 4) is 34.5 Å². The fourth-order valence-corrected chi connectivity index (χ4v) is 8.50. The van der Waals surface area contributed by atoms with Crippen LogP contribution in [0.1, 0.15) is 311 Å². The molecule has 0 fully saturated rings. The third-order valence-corrected chi connectivity index (χ3v) is 13.6. The number of aromatic carboxylic acids is 2. The van der Waals surface area contributed by atoms with Crippen molar-refractivity contribution in [1.29, 1.82) is 0 Å². The van der Waals surface area contributed by atoms with Gasteiger partial charge in [0.1, 0.15) is 0 Å². The molecule has 2 aromatic carbocycles. The van der Waals surface area contributed by atoms with Crippen LogP contribution < -0.4 is 0 Å². The zero-order valence-electron chi connectivity index (χ0n) is 51.9. The monoisotopic (exact) mass is 1190 g/mol. The van der Waals surface area contributed by atoms with E-state index in [2.05, 4.69) is 57.2 Å². The van der Waals surface area contributed by atoms with Gasteiger partial charge in [-0.15, -0.1) is 0 Å².